The molecule has 2 aromatic heterocycles. The number of nitrogen functional groups attached to an aromatic ring is 1. The minimum absolute atomic E-state index is 0.108. The van der Waals surface area contributed by atoms with Gasteiger partial charge in [-0.25, -0.2) is 9.37 Å². The summed E-state index contributed by atoms with van der Waals surface area (Å²) in [6.07, 6.45) is 2.90. The van der Waals surface area contributed by atoms with Crippen LogP contribution in [-0.4, -0.2) is 27.9 Å². The molecule has 6 nitrogen and oxygen atoms in total. The van der Waals surface area contributed by atoms with Crippen LogP contribution >= 0.6 is 23.2 Å². The van der Waals surface area contributed by atoms with Crippen LogP contribution in [0.25, 0.3) is 11.1 Å². The largest absolute Gasteiger partial charge is 0.482 e. The van der Waals surface area contributed by atoms with E-state index in [4.69, 9.17) is 36.4 Å². The zero-order chi connectivity index (χ0) is 22.3. The van der Waals surface area contributed by atoms with Crippen LogP contribution in [0.1, 0.15) is 33.7 Å². The number of pyridine rings is 1. The molecule has 0 amide bonds. The number of nitrogens with one attached hydrogen (secondary N) is 1. The first kappa shape index (κ1) is 17.5. The fraction of sp³-hybridized carbons (Fsp3) is 0.300. The van der Waals surface area contributed by atoms with Gasteiger partial charge in [-0.3, -0.25) is 4.68 Å². The molecule has 3 N–H and O–H groups in total. The van der Waals surface area contributed by atoms with Gasteiger partial charge in [0.2, 0.25) is 0 Å². The van der Waals surface area contributed by atoms with Gasteiger partial charge in [0.25, 0.3) is 0 Å². The molecule has 1 aliphatic rings. The Kier molecular flexibility index (Phi) is 4.94. The summed E-state index contributed by atoms with van der Waals surface area (Å²) in [6, 6.07) is 3.90. The topological polar surface area (TPSA) is 78.0 Å². The number of aromatic nitrogens is 3. The number of nitrogens with two attached hydrogens (primary N) is 1. The summed E-state index contributed by atoms with van der Waals surface area (Å²) in [7, 11) is 0. The number of hydrogen-bond acceptors (Lipinski definition) is 5. The van der Waals surface area contributed by atoms with Crippen molar-refractivity contribution in [2.24, 2.45) is 0 Å². The first-order valence-corrected chi connectivity index (χ1v) is 9.74. The third-order valence-corrected chi connectivity index (χ3v) is 5.44. The van der Waals surface area contributed by atoms with Gasteiger partial charge in [-0.1, -0.05) is 23.2 Å². The molecule has 3 aromatic rings. The molecule has 0 saturated carbocycles. The molecule has 0 aliphatic carbocycles. The van der Waals surface area contributed by atoms with Crippen molar-refractivity contribution in [2.45, 2.75) is 25.4 Å². The molecule has 0 radical (unpaired) electrons. The molecule has 1 saturated heterocycles. The Balaban J connectivity index is 1.61. The predicted octanol–water partition coefficient (Wildman–Crippen LogP) is 4.65. The maximum absolute atomic E-state index is 13.9. The molecule has 4 rings (SSSR count). The van der Waals surface area contributed by atoms with Gasteiger partial charge in [-0.05, 0) is 38.0 Å². The van der Waals surface area contributed by atoms with E-state index in [2.05, 4.69) is 15.4 Å². The van der Waals surface area contributed by atoms with Gasteiger partial charge in [-0.15, -0.1) is 0 Å². The van der Waals surface area contributed by atoms with Crippen molar-refractivity contribution >= 4 is 29.0 Å². The molecule has 2 atom stereocenters. The summed E-state index contributed by atoms with van der Waals surface area (Å²) in [4.78, 5) is 4.19. The number of benzene rings is 1. The number of rotatable bonds is 5. The van der Waals surface area contributed by atoms with Gasteiger partial charge in [0, 0.05) is 43.4 Å². The second kappa shape index (κ2) is 8.18. The predicted molar refractivity (Wildman–Crippen MR) is 112 cm³/mol. The Labute approximate surface area is 180 Å². The number of anilines is 1. The van der Waals surface area contributed by atoms with Crippen molar-refractivity contribution in [1.29, 1.82) is 0 Å². The van der Waals surface area contributed by atoms with E-state index < -0.39 is 24.3 Å². The Morgan fingerprint density at radius 1 is 1.38 bits per heavy atom. The standard InChI is InChI=1S/C20H20Cl2FN5O/c1-11(18-15(21)2-3-16(23)19(18)22)29-17-6-12(7-26-20(17)24)13-8-27-28(10-13)14-4-5-25-9-14/h2-3,6-8,10-11,14,25H,4-5,9H2,1H3,(H2,24,26)/t11-,14?/m1/s1/i4D2. The van der Waals surface area contributed by atoms with E-state index in [0.717, 1.165) is 5.56 Å². The summed E-state index contributed by atoms with van der Waals surface area (Å²) in [5.74, 6) is -0.153. The van der Waals surface area contributed by atoms with Crippen molar-refractivity contribution < 1.29 is 11.9 Å². The number of ether oxygens (including phenoxy) is 1. The second-order valence-electron chi connectivity index (χ2n) is 6.68. The number of hydrogen-bond donors (Lipinski definition) is 2. The van der Waals surface area contributed by atoms with Crippen LogP contribution in [-0.2, 0) is 0 Å². The lowest BCUT2D eigenvalue weighted by Crippen LogP contribution is -2.13. The molecule has 3 heterocycles. The lowest BCUT2D eigenvalue weighted by Gasteiger charge is -2.19. The average molecular weight is 438 g/mol. The van der Waals surface area contributed by atoms with Crippen LogP contribution in [0.5, 0.6) is 5.75 Å². The van der Waals surface area contributed by atoms with E-state index in [0.29, 0.717) is 17.7 Å². The van der Waals surface area contributed by atoms with E-state index in [-0.39, 0.29) is 28.2 Å². The molecule has 1 aliphatic heterocycles. The monoisotopic (exact) mass is 437 g/mol. The molecule has 9 heteroatoms. The summed E-state index contributed by atoms with van der Waals surface area (Å²) >= 11 is 12.3. The van der Waals surface area contributed by atoms with Crippen molar-refractivity contribution in [2.75, 3.05) is 18.8 Å². The van der Waals surface area contributed by atoms with Gasteiger partial charge in [0.05, 0.1) is 17.3 Å². The summed E-state index contributed by atoms with van der Waals surface area (Å²) < 4.78 is 37.6. The second-order valence-corrected chi connectivity index (χ2v) is 7.47. The van der Waals surface area contributed by atoms with E-state index in [9.17, 15) is 4.39 Å². The van der Waals surface area contributed by atoms with E-state index >= 15 is 0 Å². The van der Waals surface area contributed by atoms with Gasteiger partial charge in [-0.2, -0.15) is 5.10 Å². The summed E-state index contributed by atoms with van der Waals surface area (Å²) in [6.45, 7) is 2.46. The van der Waals surface area contributed by atoms with Crippen molar-refractivity contribution in [3.63, 3.8) is 0 Å². The third-order valence-electron chi connectivity index (χ3n) is 4.73. The number of halogens is 3. The fourth-order valence-electron chi connectivity index (χ4n) is 3.19. The lowest BCUT2D eigenvalue weighted by atomic mass is 10.1. The Bertz CT molecular complexity index is 1130. The average Bonchev–Trinajstić information content (AvgIpc) is 3.32. The van der Waals surface area contributed by atoms with Gasteiger partial charge >= 0.3 is 0 Å². The van der Waals surface area contributed by atoms with Gasteiger partial charge in [0.1, 0.15) is 11.9 Å². The van der Waals surface area contributed by atoms with E-state index in [1.165, 1.54) is 12.1 Å². The molecule has 0 bridgehead atoms. The maximum Gasteiger partial charge on any atom is 0.166 e. The van der Waals surface area contributed by atoms with Crippen LogP contribution in [0, 0.1) is 5.82 Å². The van der Waals surface area contributed by atoms with Gasteiger partial charge in [0.15, 0.2) is 11.6 Å². The molecule has 29 heavy (non-hydrogen) atoms. The fourth-order valence-corrected chi connectivity index (χ4v) is 3.87. The summed E-state index contributed by atoms with van der Waals surface area (Å²) in [5.41, 5.74) is 7.72. The van der Waals surface area contributed by atoms with Crippen molar-refractivity contribution in [3.05, 3.63) is 58.2 Å². The van der Waals surface area contributed by atoms with E-state index in [1.54, 1.807) is 36.3 Å². The number of nitrogens with zero attached hydrogens (tertiary/aromatic N) is 3. The molecule has 0 spiro atoms. The highest BCUT2D eigenvalue weighted by molar-refractivity contribution is 6.36. The van der Waals surface area contributed by atoms with Gasteiger partial charge < -0.3 is 15.8 Å². The highest BCUT2D eigenvalue weighted by Crippen LogP contribution is 2.37. The smallest absolute Gasteiger partial charge is 0.166 e. The highest BCUT2D eigenvalue weighted by atomic mass is 35.5. The minimum atomic E-state index is -1.39. The van der Waals surface area contributed by atoms with Crippen LogP contribution in [0.15, 0.2) is 36.8 Å². The Morgan fingerprint density at radius 2 is 2.21 bits per heavy atom. The first-order valence-electron chi connectivity index (χ1n) is 9.98. The highest BCUT2D eigenvalue weighted by Gasteiger charge is 2.21. The quantitative estimate of drug-likeness (QED) is 0.568. The Morgan fingerprint density at radius 3 is 2.97 bits per heavy atom. The maximum atomic E-state index is 13.9. The molecule has 1 fully saturated rings. The molecular formula is C20H20Cl2FN5O. The zero-order valence-corrected chi connectivity index (χ0v) is 17.0. The SMILES string of the molecule is [2H]C1([2H])CNCC1n1cc(-c2cnc(N)c(O[C@H](C)c3c(Cl)ccc(F)c3Cl)c2)cn1. The molecule has 1 unspecified atom stereocenters. The Hall–Kier alpha value is -2.35. The van der Waals surface area contributed by atoms with E-state index in [1.807, 2.05) is 0 Å². The molecular weight excluding hydrogens is 416 g/mol. The van der Waals surface area contributed by atoms with Crippen molar-refractivity contribution in [1.82, 2.24) is 20.1 Å². The van der Waals surface area contributed by atoms with Crippen LogP contribution in [0.4, 0.5) is 10.2 Å². The minimum Gasteiger partial charge on any atom is -0.482 e. The van der Waals surface area contributed by atoms with Crippen LogP contribution in [0.3, 0.4) is 0 Å². The van der Waals surface area contributed by atoms with Crippen molar-refractivity contribution in [3.8, 4) is 16.9 Å². The molecule has 1 aromatic carbocycles. The first-order chi connectivity index (χ1) is 14.7. The third kappa shape index (κ3) is 4.03. The summed E-state index contributed by atoms with van der Waals surface area (Å²) in [5, 5.41) is 7.54. The zero-order valence-electron chi connectivity index (χ0n) is 17.5. The molecule has 152 valence electrons. The normalized spacial score (nSPS) is 20.2. The van der Waals surface area contributed by atoms with Crippen LogP contribution < -0.4 is 15.8 Å². The van der Waals surface area contributed by atoms with Crippen LogP contribution in [0.2, 0.25) is 10.0 Å². The lowest BCUT2D eigenvalue weighted by molar-refractivity contribution is 0.227.